The summed E-state index contributed by atoms with van der Waals surface area (Å²) in [6, 6.07) is 9.70. The Bertz CT molecular complexity index is 307. The van der Waals surface area contributed by atoms with Crippen LogP contribution < -0.4 is 10.2 Å². The van der Waals surface area contributed by atoms with Crippen LogP contribution in [0.15, 0.2) is 30.3 Å². The molecule has 2 rings (SSSR count). The van der Waals surface area contributed by atoms with E-state index in [1.807, 2.05) is 42.3 Å². The summed E-state index contributed by atoms with van der Waals surface area (Å²) in [5.74, 6) is 0. The van der Waals surface area contributed by atoms with Crippen molar-refractivity contribution in [3.63, 3.8) is 0 Å². The van der Waals surface area contributed by atoms with E-state index in [2.05, 4.69) is 5.32 Å². The topological polar surface area (TPSA) is 24.5 Å². The van der Waals surface area contributed by atoms with Crippen molar-refractivity contribution in [2.45, 2.75) is 12.5 Å². The number of para-hydroxylation sites is 1. The molecule has 0 spiro atoms. The van der Waals surface area contributed by atoms with E-state index in [1.54, 1.807) is 0 Å². The summed E-state index contributed by atoms with van der Waals surface area (Å²) in [7, 11) is 1.86. The van der Waals surface area contributed by atoms with E-state index in [0.717, 1.165) is 5.69 Å². The number of morpholine rings is 1. The summed E-state index contributed by atoms with van der Waals surface area (Å²) < 4.78 is 18.4. The lowest BCUT2D eigenvalue weighted by Crippen LogP contribution is -2.55. The fraction of sp³-hybridized carbons (Fsp3) is 0.455. The summed E-state index contributed by atoms with van der Waals surface area (Å²) >= 11 is 0. The predicted molar refractivity (Wildman–Crippen MR) is 57.5 cm³/mol. The zero-order chi connectivity index (χ0) is 10.7. The smallest absolute Gasteiger partial charge is 0.233 e. The molecule has 0 bridgehead atoms. The summed E-state index contributed by atoms with van der Waals surface area (Å²) in [6.45, 7) is 1.11. The Balaban J connectivity index is 2.09. The number of ether oxygens (including phenoxy) is 1. The normalized spacial score (nSPS) is 26.3. The highest BCUT2D eigenvalue weighted by molar-refractivity contribution is 5.46. The number of nitrogens with one attached hydrogen (secondary N) is 1. The van der Waals surface area contributed by atoms with Gasteiger partial charge in [0.15, 0.2) is 0 Å². The molecule has 2 atom stereocenters. The van der Waals surface area contributed by atoms with Crippen LogP contribution in [0.2, 0.25) is 0 Å². The molecule has 3 nitrogen and oxygen atoms in total. The van der Waals surface area contributed by atoms with Gasteiger partial charge in [-0.1, -0.05) is 18.2 Å². The van der Waals surface area contributed by atoms with Gasteiger partial charge in [-0.25, -0.2) is 4.39 Å². The lowest BCUT2D eigenvalue weighted by atomic mass is 10.2. The minimum Gasteiger partial charge on any atom is -0.354 e. The van der Waals surface area contributed by atoms with Gasteiger partial charge in [0.05, 0.1) is 6.61 Å². The zero-order valence-corrected chi connectivity index (χ0v) is 8.69. The maximum Gasteiger partial charge on any atom is 0.233 e. The van der Waals surface area contributed by atoms with Crippen LogP contribution in [0.1, 0.15) is 0 Å². The van der Waals surface area contributed by atoms with Gasteiger partial charge in [0.2, 0.25) is 6.36 Å². The molecule has 0 amide bonds. The second-order valence-corrected chi connectivity index (χ2v) is 3.57. The van der Waals surface area contributed by atoms with Gasteiger partial charge >= 0.3 is 0 Å². The summed E-state index contributed by atoms with van der Waals surface area (Å²) in [5.41, 5.74) is 0.975. The first kappa shape index (κ1) is 10.4. The van der Waals surface area contributed by atoms with Gasteiger partial charge in [-0.05, 0) is 12.1 Å². The van der Waals surface area contributed by atoms with Crippen LogP contribution in [-0.2, 0) is 4.74 Å². The molecule has 15 heavy (non-hydrogen) atoms. The van der Waals surface area contributed by atoms with Gasteiger partial charge in [-0.15, -0.1) is 0 Å². The first-order valence-corrected chi connectivity index (χ1v) is 5.06. The molecule has 2 unspecified atom stereocenters. The Hall–Kier alpha value is -1.13. The van der Waals surface area contributed by atoms with Gasteiger partial charge in [-0.3, -0.25) is 5.32 Å². The Labute approximate surface area is 88.8 Å². The molecular weight excluding hydrogens is 195 g/mol. The molecule has 1 saturated heterocycles. The lowest BCUT2D eigenvalue weighted by molar-refractivity contribution is -0.0850. The molecular formula is C11H15FN2O. The summed E-state index contributed by atoms with van der Waals surface area (Å²) in [5, 5.41) is 3.09. The number of nitrogens with zero attached hydrogens (tertiary/aromatic N) is 1. The van der Waals surface area contributed by atoms with E-state index in [4.69, 9.17) is 4.74 Å². The van der Waals surface area contributed by atoms with Gasteiger partial charge < -0.3 is 9.64 Å². The average Bonchev–Trinajstić information content (AvgIpc) is 2.30. The number of hydrogen-bond donors (Lipinski definition) is 1. The molecule has 0 aromatic heterocycles. The van der Waals surface area contributed by atoms with Gasteiger partial charge in [0, 0.05) is 19.3 Å². The van der Waals surface area contributed by atoms with Crippen molar-refractivity contribution in [2.75, 3.05) is 25.1 Å². The minimum absolute atomic E-state index is 0.402. The predicted octanol–water partition coefficient (Wildman–Crippen LogP) is 1.36. The van der Waals surface area contributed by atoms with E-state index in [-0.39, 0.29) is 0 Å². The fourth-order valence-electron chi connectivity index (χ4n) is 1.70. The monoisotopic (exact) mass is 210 g/mol. The van der Waals surface area contributed by atoms with Gasteiger partial charge in [0.25, 0.3) is 0 Å². The first-order chi connectivity index (χ1) is 7.29. The maximum absolute atomic E-state index is 13.5. The third-order valence-electron chi connectivity index (χ3n) is 2.56. The molecule has 1 heterocycles. The van der Waals surface area contributed by atoms with Crippen LogP contribution in [-0.4, -0.2) is 32.7 Å². The van der Waals surface area contributed by atoms with Crippen molar-refractivity contribution in [1.29, 1.82) is 0 Å². The minimum atomic E-state index is -1.27. The molecule has 1 aromatic rings. The van der Waals surface area contributed by atoms with E-state index < -0.39 is 12.5 Å². The van der Waals surface area contributed by atoms with Gasteiger partial charge in [0.1, 0.15) is 6.17 Å². The van der Waals surface area contributed by atoms with Crippen LogP contribution in [0.4, 0.5) is 10.1 Å². The Morgan fingerprint density at radius 2 is 2.13 bits per heavy atom. The number of rotatable bonds is 2. The van der Waals surface area contributed by atoms with Crippen molar-refractivity contribution in [2.24, 2.45) is 0 Å². The van der Waals surface area contributed by atoms with E-state index in [9.17, 15) is 4.39 Å². The molecule has 4 heteroatoms. The Kier molecular flexibility index (Phi) is 3.18. The van der Waals surface area contributed by atoms with Crippen molar-refractivity contribution in [3.8, 4) is 0 Å². The molecule has 0 aliphatic carbocycles. The van der Waals surface area contributed by atoms with Gasteiger partial charge in [-0.2, -0.15) is 0 Å². The largest absolute Gasteiger partial charge is 0.354 e. The van der Waals surface area contributed by atoms with E-state index in [0.29, 0.717) is 13.2 Å². The standard InChI is InChI=1S/C11H15FN2O/c1-14(9-5-3-2-4-6-9)11-10(12)15-8-7-13-11/h2-6,10-11,13H,7-8H2,1H3. The van der Waals surface area contributed by atoms with Crippen molar-refractivity contribution in [3.05, 3.63) is 30.3 Å². The molecule has 1 aromatic carbocycles. The molecule has 1 fully saturated rings. The molecule has 1 N–H and O–H groups in total. The average molecular weight is 210 g/mol. The highest BCUT2D eigenvalue weighted by Gasteiger charge is 2.28. The SMILES string of the molecule is CN(c1ccccc1)C1NCCOC1F. The fourth-order valence-corrected chi connectivity index (χ4v) is 1.70. The summed E-state index contributed by atoms with van der Waals surface area (Å²) in [6.07, 6.45) is -1.68. The third-order valence-corrected chi connectivity index (χ3v) is 2.56. The second-order valence-electron chi connectivity index (χ2n) is 3.57. The Morgan fingerprint density at radius 3 is 2.80 bits per heavy atom. The number of alkyl halides is 1. The van der Waals surface area contributed by atoms with Crippen LogP contribution in [0.25, 0.3) is 0 Å². The number of likely N-dealkylation sites (N-methyl/N-ethyl adjacent to an activating group) is 1. The quantitative estimate of drug-likeness (QED) is 0.797. The second kappa shape index (κ2) is 4.59. The zero-order valence-electron chi connectivity index (χ0n) is 8.69. The van der Waals surface area contributed by atoms with E-state index in [1.165, 1.54) is 0 Å². The lowest BCUT2D eigenvalue weighted by Gasteiger charge is -2.35. The number of halogens is 1. The third kappa shape index (κ3) is 2.27. The van der Waals surface area contributed by atoms with Crippen LogP contribution in [0.3, 0.4) is 0 Å². The number of anilines is 1. The molecule has 1 aliphatic rings. The van der Waals surface area contributed by atoms with Crippen molar-refractivity contribution in [1.82, 2.24) is 5.32 Å². The summed E-state index contributed by atoms with van der Waals surface area (Å²) in [4.78, 5) is 1.85. The van der Waals surface area contributed by atoms with Crippen molar-refractivity contribution < 1.29 is 9.13 Å². The molecule has 82 valence electrons. The van der Waals surface area contributed by atoms with Crippen LogP contribution in [0.5, 0.6) is 0 Å². The molecule has 1 aliphatic heterocycles. The highest BCUT2D eigenvalue weighted by atomic mass is 19.1. The highest BCUT2D eigenvalue weighted by Crippen LogP contribution is 2.18. The van der Waals surface area contributed by atoms with Crippen LogP contribution in [0, 0.1) is 0 Å². The van der Waals surface area contributed by atoms with Crippen LogP contribution >= 0.6 is 0 Å². The van der Waals surface area contributed by atoms with E-state index >= 15 is 0 Å². The Morgan fingerprint density at radius 1 is 1.40 bits per heavy atom. The van der Waals surface area contributed by atoms with Crippen molar-refractivity contribution >= 4 is 5.69 Å². The maximum atomic E-state index is 13.5. The number of benzene rings is 1. The molecule has 0 saturated carbocycles. The molecule has 0 radical (unpaired) electrons. The first-order valence-electron chi connectivity index (χ1n) is 5.06. The number of hydrogen-bond acceptors (Lipinski definition) is 3.